The van der Waals surface area contributed by atoms with Crippen LogP contribution in [0.2, 0.25) is 0 Å². The van der Waals surface area contributed by atoms with Gasteiger partial charge in [-0.1, -0.05) is 31.2 Å². The minimum atomic E-state index is -0.375. The molecule has 144 valence electrons. The second kappa shape index (κ2) is 8.85. The number of para-hydroxylation sites is 1. The van der Waals surface area contributed by atoms with Gasteiger partial charge >= 0.3 is 5.97 Å². The fourth-order valence-corrected chi connectivity index (χ4v) is 2.75. The molecule has 0 radical (unpaired) electrons. The zero-order valence-electron chi connectivity index (χ0n) is 15.9. The van der Waals surface area contributed by atoms with Gasteiger partial charge < -0.3 is 21.1 Å². The van der Waals surface area contributed by atoms with E-state index in [0.29, 0.717) is 35.2 Å². The summed E-state index contributed by atoms with van der Waals surface area (Å²) < 4.78 is 5.04. The topological polar surface area (TPSA) is 102 Å². The molecular formula is C21H23N5O2. The number of hydrogen-bond acceptors (Lipinski definition) is 7. The Hall–Kier alpha value is -3.61. The van der Waals surface area contributed by atoms with Crippen LogP contribution >= 0.6 is 0 Å². The predicted octanol–water partition coefficient (Wildman–Crippen LogP) is 4.29. The van der Waals surface area contributed by atoms with Crippen LogP contribution in [0.3, 0.4) is 0 Å². The third kappa shape index (κ3) is 4.37. The number of nitrogen functional groups attached to an aromatic ring is 1. The van der Waals surface area contributed by atoms with E-state index in [-0.39, 0.29) is 5.97 Å². The number of aryl methyl sites for hydroxylation is 1. The summed E-state index contributed by atoms with van der Waals surface area (Å²) in [4.78, 5) is 20.4. The maximum Gasteiger partial charge on any atom is 0.338 e. The molecule has 0 unspecified atom stereocenters. The molecule has 0 amide bonds. The van der Waals surface area contributed by atoms with Crippen molar-refractivity contribution in [3.05, 3.63) is 66.0 Å². The molecule has 0 aliphatic carbocycles. The number of esters is 1. The Labute approximate surface area is 164 Å². The molecule has 0 bridgehead atoms. The first-order valence-corrected chi connectivity index (χ1v) is 9.12. The van der Waals surface area contributed by atoms with E-state index < -0.39 is 0 Å². The number of nitrogens with zero attached hydrogens (tertiary/aromatic N) is 2. The second-order valence-corrected chi connectivity index (χ2v) is 6.05. The molecule has 0 saturated carbocycles. The van der Waals surface area contributed by atoms with Crippen LogP contribution in [0.4, 0.5) is 28.7 Å². The monoisotopic (exact) mass is 377 g/mol. The number of ether oxygens (including phenoxy) is 1. The van der Waals surface area contributed by atoms with Crippen molar-refractivity contribution in [1.82, 2.24) is 9.97 Å². The summed E-state index contributed by atoms with van der Waals surface area (Å²) in [5.74, 6) is 0.591. The molecule has 0 atom stereocenters. The van der Waals surface area contributed by atoms with Crippen molar-refractivity contribution in [2.75, 3.05) is 23.0 Å². The SMILES string of the molecule is CCOC(=O)c1cccc(Nc2ncnc(Nc3ccccc3CC)c2N)c1. The number of carbonyl (C=O) groups is 1. The summed E-state index contributed by atoms with van der Waals surface area (Å²) in [6, 6.07) is 15.0. The third-order valence-electron chi connectivity index (χ3n) is 4.17. The lowest BCUT2D eigenvalue weighted by molar-refractivity contribution is 0.0526. The molecule has 1 aromatic heterocycles. The van der Waals surface area contributed by atoms with Gasteiger partial charge in [0.1, 0.15) is 12.0 Å². The molecule has 0 aliphatic heterocycles. The highest BCUT2D eigenvalue weighted by Crippen LogP contribution is 2.29. The van der Waals surface area contributed by atoms with E-state index in [2.05, 4.69) is 33.6 Å². The Morgan fingerprint density at radius 2 is 1.79 bits per heavy atom. The van der Waals surface area contributed by atoms with Crippen LogP contribution in [0.5, 0.6) is 0 Å². The summed E-state index contributed by atoms with van der Waals surface area (Å²) in [6.07, 6.45) is 2.32. The lowest BCUT2D eigenvalue weighted by Crippen LogP contribution is -2.07. The van der Waals surface area contributed by atoms with E-state index in [1.807, 2.05) is 24.3 Å². The van der Waals surface area contributed by atoms with Gasteiger partial charge in [0.25, 0.3) is 0 Å². The van der Waals surface area contributed by atoms with Crippen LogP contribution in [0.25, 0.3) is 0 Å². The number of rotatable bonds is 7. The van der Waals surface area contributed by atoms with Crippen LogP contribution in [0.1, 0.15) is 29.8 Å². The van der Waals surface area contributed by atoms with E-state index >= 15 is 0 Å². The molecular weight excluding hydrogens is 354 g/mol. The van der Waals surface area contributed by atoms with Crippen molar-refractivity contribution < 1.29 is 9.53 Å². The summed E-state index contributed by atoms with van der Waals surface area (Å²) in [5, 5.41) is 6.41. The molecule has 0 spiro atoms. The number of aromatic nitrogens is 2. The van der Waals surface area contributed by atoms with Gasteiger partial charge in [-0.15, -0.1) is 0 Å². The van der Waals surface area contributed by atoms with Gasteiger partial charge in [-0.05, 0) is 43.2 Å². The molecule has 1 heterocycles. The predicted molar refractivity (Wildman–Crippen MR) is 111 cm³/mol. The summed E-state index contributed by atoms with van der Waals surface area (Å²) in [7, 11) is 0. The Kier molecular flexibility index (Phi) is 6.06. The van der Waals surface area contributed by atoms with E-state index in [1.165, 1.54) is 6.33 Å². The maximum atomic E-state index is 11.9. The molecule has 7 nitrogen and oxygen atoms in total. The molecule has 7 heteroatoms. The first kappa shape index (κ1) is 19.2. The van der Waals surface area contributed by atoms with Gasteiger partial charge in [0, 0.05) is 11.4 Å². The van der Waals surface area contributed by atoms with Gasteiger partial charge in [0.2, 0.25) is 0 Å². The summed E-state index contributed by atoms with van der Waals surface area (Å²) in [5.41, 5.74) is 9.90. The molecule has 0 aliphatic rings. The number of carbonyl (C=O) groups excluding carboxylic acids is 1. The Morgan fingerprint density at radius 3 is 2.54 bits per heavy atom. The third-order valence-corrected chi connectivity index (χ3v) is 4.17. The number of hydrogen-bond donors (Lipinski definition) is 3. The Morgan fingerprint density at radius 1 is 1.04 bits per heavy atom. The van der Waals surface area contributed by atoms with Gasteiger partial charge in [-0.25, -0.2) is 14.8 Å². The first-order valence-electron chi connectivity index (χ1n) is 9.12. The van der Waals surface area contributed by atoms with Gasteiger partial charge in [-0.2, -0.15) is 0 Å². The van der Waals surface area contributed by atoms with Crippen LogP contribution in [0, 0.1) is 0 Å². The van der Waals surface area contributed by atoms with Gasteiger partial charge in [-0.3, -0.25) is 0 Å². The Bertz CT molecular complexity index is 975. The zero-order chi connectivity index (χ0) is 19.9. The Balaban J connectivity index is 1.84. The summed E-state index contributed by atoms with van der Waals surface area (Å²) >= 11 is 0. The number of anilines is 5. The van der Waals surface area contributed by atoms with Crippen molar-refractivity contribution in [3.63, 3.8) is 0 Å². The molecule has 0 saturated heterocycles. The average Bonchev–Trinajstić information content (AvgIpc) is 2.72. The largest absolute Gasteiger partial charge is 0.462 e. The standard InChI is InChI=1S/C21H23N5O2/c1-3-14-8-5-6-11-17(14)26-20-18(22)19(23-13-24-20)25-16-10-7-9-15(12-16)21(27)28-4-2/h5-13H,3-4,22H2,1-2H3,(H2,23,24,25,26). The molecule has 28 heavy (non-hydrogen) atoms. The lowest BCUT2D eigenvalue weighted by atomic mass is 10.1. The maximum absolute atomic E-state index is 11.9. The van der Waals surface area contributed by atoms with Crippen LogP contribution in [-0.2, 0) is 11.2 Å². The van der Waals surface area contributed by atoms with Crippen molar-refractivity contribution in [1.29, 1.82) is 0 Å². The van der Waals surface area contributed by atoms with Gasteiger partial charge in [0.15, 0.2) is 11.6 Å². The van der Waals surface area contributed by atoms with Crippen molar-refractivity contribution >= 4 is 34.7 Å². The fourth-order valence-electron chi connectivity index (χ4n) is 2.75. The average molecular weight is 377 g/mol. The van der Waals surface area contributed by atoms with Crippen LogP contribution < -0.4 is 16.4 Å². The van der Waals surface area contributed by atoms with Crippen LogP contribution in [0.15, 0.2) is 54.9 Å². The molecule has 0 fully saturated rings. The van der Waals surface area contributed by atoms with Crippen molar-refractivity contribution in [3.8, 4) is 0 Å². The highest BCUT2D eigenvalue weighted by atomic mass is 16.5. The van der Waals surface area contributed by atoms with Crippen LogP contribution in [-0.4, -0.2) is 22.5 Å². The van der Waals surface area contributed by atoms with E-state index in [9.17, 15) is 4.79 Å². The lowest BCUT2D eigenvalue weighted by Gasteiger charge is -2.14. The highest BCUT2D eigenvalue weighted by molar-refractivity contribution is 5.91. The second-order valence-electron chi connectivity index (χ2n) is 6.05. The summed E-state index contributed by atoms with van der Waals surface area (Å²) in [6.45, 7) is 4.18. The first-order chi connectivity index (χ1) is 13.6. The quantitative estimate of drug-likeness (QED) is 0.528. The number of nitrogens with one attached hydrogen (secondary N) is 2. The molecule has 4 N–H and O–H groups in total. The minimum Gasteiger partial charge on any atom is -0.462 e. The van der Waals surface area contributed by atoms with E-state index in [1.54, 1.807) is 25.1 Å². The molecule has 2 aromatic carbocycles. The smallest absolute Gasteiger partial charge is 0.338 e. The highest BCUT2D eigenvalue weighted by Gasteiger charge is 2.12. The minimum absolute atomic E-state index is 0.323. The zero-order valence-corrected chi connectivity index (χ0v) is 15.9. The van der Waals surface area contributed by atoms with Crippen molar-refractivity contribution in [2.24, 2.45) is 0 Å². The molecule has 3 aromatic rings. The van der Waals surface area contributed by atoms with Crippen molar-refractivity contribution in [2.45, 2.75) is 20.3 Å². The number of benzene rings is 2. The normalized spacial score (nSPS) is 10.4. The number of nitrogens with two attached hydrogens (primary N) is 1. The fraction of sp³-hybridized carbons (Fsp3) is 0.190. The van der Waals surface area contributed by atoms with E-state index in [4.69, 9.17) is 10.5 Å². The van der Waals surface area contributed by atoms with E-state index in [0.717, 1.165) is 17.7 Å². The van der Waals surface area contributed by atoms with Gasteiger partial charge in [0.05, 0.1) is 12.2 Å². The molecule has 3 rings (SSSR count).